The summed E-state index contributed by atoms with van der Waals surface area (Å²) in [5.41, 5.74) is 1.42. The molecule has 1 rings (SSSR count). The first-order valence-electron chi connectivity index (χ1n) is 4.79. The van der Waals surface area contributed by atoms with Crippen molar-refractivity contribution in [2.45, 2.75) is 33.7 Å². The smallest absolute Gasteiger partial charge is 0.356 e. The number of hydrogen-bond acceptors (Lipinski definition) is 3. The van der Waals surface area contributed by atoms with Gasteiger partial charge in [0, 0.05) is 11.6 Å². The summed E-state index contributed by atoms with van der Waals surface area (Å²) in [7, 11) is 0. The Morgan fingerprint density at radius 2 is 2.29 bits per heavy atom. The number of carbonyl (C=O) groups is 1. The van der Waals surface area contributed by atoms with E-state index in [0.29, 0.717) is 12.3 Å². The fraction of sp³-hybridized carbons (Fsp3) is 0.600. The topological polar surface area (TPSA) is 44.1 Å². The first-order valence-corrected chi connectivity index (χ1v) is 4.79. The minimum atomic E-state index is -0.295. The Balaban J connectivity index is 3.04. The lowest BCUT2D eigenvalue weighted by atomic mass is 10.2. The van der Waals surface area contributed by atoms with Gasteiger partial charge in [-0.25, -0.2) is 4.79 Å². The van der Waals surface area contributed by atoms with Crippen molar-refractivity contribution >= 4 is 5.97 Å². The molecule has 0 aromatic carbocycles. The summed E-state index contributed by atoms with van der Waals surface area (Å²) in [6.45, 7) is 8.01. The average molecular weight is 196 g/mol. The molecule has 0 amide bonds. The molecule has 1 heterocycles. The summed E-state index contributed by atoms with van der Waals surface area (Å²) < 4.78 is 6.65. The van der Waals surface area contributed by atoms with Crippen LogP contribution in [0.15, 0.2) is 6.20 Å². The van der Waals surface area contributed by atoms with Gasteiger partial charge in [0.1, 0.15) is 5.69 Å². The van der Waals surface area contributed by atoms with Crippen molar-refractivity contribution in [3.63, 3.8) is 0 Å². The lowest BCUT2D eigenvalue weighted by molar-refractivity contribution is 0.0509. The van der Waals surface area contributed by atoms with E-state index in [0.717, 1.165) is 5.56 Å². The van der Waals surface area contributed by atoms with Gasteiger partial charge in [-0.15, -0.1) is 0 Å². The van der Waals surface area contributed by atoms with Crippen LogP contribution in [0.3, 0.4) is 0 Å². The van der Waals surface area contributed by atoms with Crippen LogP contribution in [-0.4, -0.2) is 22.4 Å². The van der Waals surface area contributed by atoms with E-state index in [-0.39, 0.29) is 12.0 Å². The van der Waals surface area contributed by atoms with Crippen molar-refractivity contribution in [2.75, 3.05) is 6.61 Å². The van der Waals surface area contributed by atoms with Crippen LogP contribution in [-0.2, 0) is 4.74 Å². The molecular weight excluding hydrogens is 180 g/mol. The number of rotatable bonds is 3. The lowest BCUT2D eigenvalue weighted by Gasteiger charge is -2.10. The summed E-state index contributed by atoms with van der Waals surface area (Å²) in [6, 6.07) is 0.170. The minimum absolute atomic E-state index is 0.170. The maximum absolute atomic E-state index is 11.6. The molecule has 78 valence electrons. The van der Waals surface area contributed by atoms with Crippen LogP contribution in [0.25, 0.3) is 0 Å². The number of ether oxygens (including phenoxy) is 1. The van der Waals surface area contributed by atoms with E-state index < -0.39 is 0 Å². The summed E-state index contributed by atoms with van der Waals surface area (Å²) >= 11 is 0. The van der Waals surface area contributed by atoms with Gasteiger partial charge in [-0.05, 0) is 27.7 Å². The lowest BCUT2D eigenvalue weighted by Crippen LogP contribution is -2.15. The Morgan fingerprint density at radius 1 is 1.64 bits per heavy atom. The Morgan fingerprint density at radius 3 is 2.79 bits per heavy atom. The Bertz CT molecular complexity index is 329. The molecule has 0 saturated carbocycles. The summed E-state index contributed by atoms with van der Waals surface area (Å²) in [6.07, 6.45) is 1.69. The predicted molar refractivity (Wildman–Crippen MR) is 53.3 cm³/mol. The molecule has 0 saturated heterocycles. The van der Waals surface area contributed by atoms with Crippen molar-refractivity contribution in [2.24, 2.45) is 0 Å². The van der Waals surface area contributed by atoms with E-state index in [9.17, 15) is 4.79 Å². The first-order chi connectivity index (χ1) is 6.57. The van der Waals surface area contributed by atoms with Crippen LogP contribution in [0.5, 0.6) is 0 Å². The molecular formula is C10H16N2O2. The van der Waals surface area contributed by atoms with Gasteiger partial charge in [0.05, 0.1) is 12.8 Å². The van der Waals surface area contributed by atoms with Crippen molar-refractivity contribution in [1.82, 2.24) is 9.78 Å². The van der Waals surface area contributed by atoms with Gasteiger partial charge in [-0.2, -0.15) is 5.10 Å². The van der Waals surface area contributed by atoms with Gasteiger partial charge in [0.2, 0.25) is 0 Å². The van der Waals surface area contributed by atoms with Gasteiger partial charge in [-0.1, -0.05) is 0 Å². The Kier molecular flexibility index (Phi) is 3.28. The third-order valence-electron chi connectivity index (χ3n) is 1.94. The highest BCUT2D eigenvalue weighted by atomic mass is 16.5. The standard InChI is InChI=1S/C10H16N2O2/c1-5-14-10(13)9-8(4)6-11-12(9)7(2)3/h6-7H,5H2,1-4H3. The third kappa shape index (κ3) is 1.95. The van der Waals surface area contributed by atoms with Crippen LogP contribution in [0.1, 0.15) is 42.9 Å². The summed E-state index contributed by atoms with van der Waals surface area (Å²) in [5, 5.41) is 4.13. The van der Waals surface area contributed by atoms with Crippen LogP contribution in [0.4, 0.5) is 0 Å². The second-order valence-corrected chi connectivity index (χ2v) is 3.43. The number of aryl methyl sites for hydroxylation is 1. The molecule has 0 bridgehead atoms. The molecule has 0 aliphatic carbocycles. The highest BCUT2D eigenvalue weighted by Crippen LogP contribution is 2.13. The maximum atomic E-state index is 11.6. The van der Waals surface area contributed by atoms with E-state index in [1.54, 1.807) is 17.8 Å². The molecule has 4 heteroatoms. The van der Waals surface area contributed by atoms with Gasteiger partial charge in [0.15, 0.2) is 0 Å². The van der Waals surface area contributed by atoms with E-state index in [1.807, 2.05) is 20.8 Å². The van der Waals surface area contributed by atoms with Crippen LogP contribution >= 0.6 is 0 Å². The molecule has 1 aromatic rings. The van der Waals surface area contributed by atoms with E-state index in [2.05, 4.69) is 5.10 Å². The minimum Gasteiger partial charge on any atom is -0.461 e. The zero-order valence-electron chi connectivity index (χ0n) is 9.07. The quantitative estimate of drug-likeness (QED) is 0.694. The van der Waals surface area contributed by atoms with Crippen molar-refractivity contribution < 1.29 is 9.53 Å². The molecule has 0 N–H and O–H groups in total. The van der Waals surface area contributed by atoms with Crippen molar-refractivity contribution in [1.29, 1.82) is 0 Å². The second-order valence-electron chi connectivity index (χ2n) is 3.43. The fourth-order valence-electron chi connectivity index (χ4n) is 1.29. The number of aromatic nitrogens is 2. The predicted octanol–water partition coefficient (Wildman–Crippen LogP) is 1.95. The number of esters is 1. The maximum Gasteiger partial charge on any atom is 0.356 e. The molecule has 0 fully saturated rings. The largest absolute Gasteiger partial charge is 0.461 e. The van der Waals surface area contributed by atoms with Gasteiger partial charge in [0.25, 0.3) is 0 Å². The average Bonchev–Trinajstić information content (AvgIpc) is 2.47. The van der Waals surface area contributed by atoms with E-state index in [4.69, 9.17) is 4.74 Å². The monoisotopic (exact) mass is 196 g/mol. The summed E-state index contributed by atoms with van der Waals surface area (Å²) in [5.74, 6) is -0.295. The Labute approximate surface area is 83.9 Å². The normalized spacial score (nSPS) is 10.6. The fourth-order valence-corrected chi connectivity index (χ4v) is 1.29. The molecule has 0 atom stereocenters. The molecule has 0 unspecified atom stereocenters. The van der Waals surface area contributed by atoms with Crippen LogP contribution in [0, 0.1) is 6.92 Å². The molecule has 4 nitrogen and oxygen atoms in total. The zero-order valence-corrected chi connectivity index (χ0v) is 9.07. The van der Waals surface area contributed by atoms with E-state index in [1.165, 1.54) is 0 Å². The molecule has 1 aromatic heterocycles. The first kappa shape index (κ1) is 10.8. The van der Waals surface area contributed by atoms with E-state index >= 15 is 0 Å². The highest BCUT2D eigenvalue weighted by Gasteiger charge is 2.18. The molecule has 0 aliphatic heterocycles. The zero-order chi connectivity index (χ0) is 10.7. The van der Waals surface area contributed by atoms with Crippen LogP contribution < -0.4 is 0 Å². The highest BCUT2D eigenvalue weighted by molar-refractivity contribution is 5.89. The second kappa shape index (κ2) is 4.26. The number of nitrogens with zero attached hydrogens (tertiary/aromatic N) is 2. The number of carbonyl (C=O) groups excluding carboxylic acids is 1. The van der Waals surface area contributed by atoms with Crippen LogP contribution in [0.2, 0.25) is 0 Å². The molecule has 0 radical (unpaired) electrons. The van der Waals surface area contributed by atoms with Crippen molar-refractivity contribution in [3.05, 3.63) is 17.5 Å². The van der Waals surface area contributed by atoms with Gasteiger partial charge >= 0.3 is 5.97 Å². The SMILES string of the molecule is CCOC(=O)c1c(C)cnn1C(C)C. The van der Waals surface area contributed by atoms with Gasteiger partial charge in [-0.3, -0.25) is 4.68 Å². The van der Waals surface area contributed by atoms with Crippen molar-refractivity contribution in [3.8, 4) is 0 Å². The molecule has 0 spiro atoms. The number of hydrogen-bond donors (Lipinski definition) is 0. The Hall–Kier alpha value is -1.32. The third-order valence-corrected chi connectivity index (χ3v) is 1.94. The molecule has 0 aliphatic rings. The van der Waals surface area contributed by atoms with Gasteiger partial charge < -0.3 is 4.74 Å². The molecule has 14 heavy (non-hydrogen) atoms. The summed E-state index contributed by atoms with van der Waals surface area (Å²) in [4.78, 5) is 11.6.